The molecule has 1 amide bonds. The zero-order valence-corrected chi connectivity index (χ0v) is 8.08. The first-order chi connectivity index (χ1) is 5.61. The van der Waals surface area contributed by atoms with E-state index in [2.05, 4.69) is 21.0 Å². The number of amides is 1. The number of nitrogens with zero attached hydrogens (tertiary/aromatic N) is 2. The third kappa shape index (κ3) is 1.94. The van der Waals surface area contributed by atoms with Gasteiger partial charge < -0.3 is 5.73 Å². The van der Waals surface area contributed by atoms with Crippen LogP contribution in [-0.4, -0.2) is 15.7 Å². The van der Waals surface area contributed by atoms with Crippen molar-refractivity contribution in [2.24, 2.45) is 12.8 Å². The molecule has 0 aromatic carbocycles. The van der Waals surface area contributed by atoms with E-state index in [0.717, 1.165) is 10.2 Å². The Labute approximate surface area is 78.2 Å². The molecule has 1 rings (SSSR count). The van der Waals surface area contributed by atoms with Crippen LogP contribution in [0.25, 0.3) is 6.08 Å². The number of primary amides is 1. The average molecular weight is 230 g/mol. The molecule has 64 valence electrons. The number of aryl methyl sites for hydroxylation is 1. The summed E-state index contributed by atoms with van der Waals surface area (Å²) < 4.78 is 2.48. The lowest BCUT2D eigenvalue weighted by atomic mass is 10.4. The van der Waals surface area contributed by atoms with Crippen LogP contribution < -0.4 is 5.73 Å². The first-order valence-corrected chi connectivity index (χ1v) is 4.05. The molecule has 1 aromatic heterocycles. The standard InChI is InChI=1S/C7H8BrN3O/c1-11-6(2-3-7(9)12)5(8)4-10-11/h2-4H,1H3,(H2,9,12)/b3-2+. The Morgan fingerprint density at radius 2 is 2.50 bits per heavy atom. The van der Waals surface area contributed by atoms with Crippen molar-refractivity contribution in [2.75, 3.05) is 0 Å². The molecule has 2 N–H and O–H groups in total. The van der Waals surface area contributed by atoms with Crippen LogP contribution in [0, 0.1) is 0 Å². The quantitative estimate of drug-likeness (QED) is 0.759. The number of halogens is 1. The van der Waals surface area contributed by atoms with Gasteiger partial charge in [-0.2, -0.15) is 5.10 Å². The van der Waals surface area contributed by atoms with Crippen LogP contribution in [0.15, 0.2) is 16.7 Å². The SMILES string of the molecule is Cn1ncc(Br)c1/C=C/C(N)=O. The Morgan fingerprint density at radius 1 is 1.83 bits per heavy atom. The van der Waals surface area contributed by atoms with Crippen LogP contribution in [0.1, 0.15) is 5.69 Å². The van der Waals surface area contributed by atoms with Crippen molar-refractivity contribution in [3.63, 3.8) is 0 Å². The van der Waals surface area contributed by atoms with Crippen LogP contribution in [0.2, 0.25) is 0 Å². The van der Waals surface area contributed by atoms with E-state index in [4.69, 9.17) is 5.73 Å². The lowest BCUT2D eigenvalue weighted by Crippen LogP contribution is -2.05. The zero-order valence-electron chi connectivity index (χ0n) is 6.49. The third-order valence-electron chi connectivity index (χ3n) is 1.34. The van der Waals surface area contributed by atoms with E-state index in [0.29, 0.717) is 0 Å². The first kappa shape index (κ1) is 8.99. The van der Waals surface area contributed by atoms with Crippen molar-refractivity contribution in [1.29, 1.82) is 0 Å². The van der Waals surface area contributed by atoms with Gasteiger partial charge in [-0.25, -0.2) is 0 Å². The molecule has 0 radical (unpaired) electrons. The average Bonchev–Trinajstić information content (AvgIpc) is 2.28. The molecule has 0 saturated carbocycles. The van der Waals surface area contributed by atoms with Crippen LogP contribution in [0.4, 0.5) is 0 Å². The van der Waals surface area contributed by atoms with E-state index in [-0.39, 0.29) is 0 Å². The summed E-state index contributed by atoms with van der Waals surface area (Å²) in [5.74, 6) is -0.469. The molecule has 1 aromatic rings. The van der Waals surface area contributed by atoms with E-state index in [1.807, 2.05) is 0 Å². The second-order valence-electron chi connectivity index (χ2n) is 2.24. The summed E-state index contributed by atoms with van der Waals surface area (Å²) in [6.45, 7) is 0. The minimum absolute atomic E-state index is 0.469. The second kappa shape index (κ2) is 3.53. The zero-order chi connectivity index (χ0) is 9.14. The Kier molecular flexibility index (Phi) is 2.65. The van der Waals surface area contributed by atoms with Gasteiger partial charge in [0.2, 0.25) is 5.91 Å². The van der Waals surface area contributed by atoms with E-state index in [1.54, 1.807) is 24.0 Å². The van der Waals surface area contributed by atoms with Gasteiger partial charge in [0.1, 0.15) is 0 Å². The highest BCUT2D eigenvalue weighted by Gasteiger charge is 2.00. The molecular formula is C7H8BrN3O. The molecule has 5 heteroatoms. The molecule has 1 heterocycles. The van der Waals surface area contributed by atoms with Gasteiger partial charge in [-0.3, -0.25) is 9.48 Å². The second-order valence-corrected chi connectivity index (χ2v) is 3.09. The summed E-state index contributed by atoms with van der Waals surface area (Å²) >= 11 is 3.28. The molecule has 0 unspecified atom stereocenters. The van der Waals surface area contributed by atoms with E-state index in [9.17, 15) is 4.79 Å². The van der Waals surface area contributed by atoms with Gasteiger partial charge in [-0.15, -0.1) is 0 Å². The molecule has 0 saturated heterocycles. The fourth-order valence-electron chi connectivity index (χ4n) is 0.769. The Balaban J connectivity index is 2.95. The number of aromatic nitrogens is 2. The molecule has 12 heavy (non-hydrogen) atoms. The van der Waals surface area contributed by atoms with Crippen molar-refractivity contribution in [3.8, 4) is 0 Å². The van der Waals surface area contributed by atoms with Crippen LogP contribution in [0.3, 0.4) is 0 Å². The predicted octanol–water partition coefficient (Wildman–Crippen LogP) is 0.681. The number of carbonyl (C=O) groups is 1. The Hall–Kier alpha value is -1.10. The summed E-state index contributed by atoms with van der Waals surface area (Å²) in [6, 6.07) is 0. The van der Waals surface area contributed by atoms with Crippen molar-refractivity contribution in [2.45, 2.75) is 0 Å². The van der Waals surface area contributed by atoms with E-state index >= 15 is 0 Å². The Morgan fingerprint density at radius 3 is 2.92 bits per heavy atom. The number of nitrogens with two attached hydrogens (primary N) is 1. The van der Waals surface area contributed by atoms with Crippen molar-refractivity contribution in [3.05, 3.63) is 22.4 Å². The number of hydrogen-bond donors (Lipinski definition) is 1. The number of hydrogen-bond acceptors (Lipinski definition) is 2. The third-order valence-corrected chi connectivity index (χ3v) is 1.95. The molecule has 0 atom stereocenters. The lowest BCUT2D eigenvalue weighted by molar-refractivity contribution is -0.113. The maximum absolute atomic E-state index is 10.4. The van der Waals surface area contributed by atoms with Gasteiger partial charge in [0, 0.05) is 13.1 Å². The molecule has 0 aliphatic rings. The van der Waals surface area contributed by atoms with Crippen LogP contribution in [-0.2, 0) is 11.8 Å². The van der Waals surface area contributed by atoms with Gasteiger partial charge in [0.25, 0.3) is 0 Å². The largest absolute Gasteiger partial charge is 0.366 e. The van der Waals surface area contributed by atoms with Crippen molar-refractivity contribution < 1.29 is 4.79 Å². The van der Waals surface area contributed by atoms with Crippen LogP contribution >= 0.6 is 15.9 Å². The molecule has 4 nitrogen and oxygen atoms in total. The van der Waals surface area contributed by atoms with E-state index < -0.39 is 5.91 Å². The topological polar surface area (TPSA) is 60.9 Å². The summed E-state index contributed by atoms with van der Waals surface area (Å²) in [6.07, 6.45) is 4.56. The highest BCUT2D eigenvalue weighted by Crippen LogP contribution is 2.15. The monoisotopic (exact) mass is 229 g/mol. The van der Waals surface area contributed by atoms with Crippen molar-refractivity contribution in [1.82, 2.24) is 9.78 Å². The summed E-state index contributed by atoms with van der Waals surface area (Å²) in [5, 5.41) is 3.96. The normalized spacial score (nSPS) is 10.8. The summed E-state index contributed by atoms with van der Waals surface area (Å²) in [5.41, 5.74) is 5.75. The molecule has 0 fully saturated rings. The fourth-order valence-corrected chi connectivity index (χ4v) is 1.25. The van der Waals surface area contributed by atoms with Gasteiger partial charge in [0.15, 0.2) is 0 Å². The minimum atomic E-state index is -0.469. The predicted molar refractivity (Wildman–Crippen MR) is 49.1 cm³/mol. The molecule has 0 aliphatic carbocycles. The molecule has 0 bridgehead atoms. The Bertz CT molecular complexity index is 310. The summed E-state index contributed by atoms with van der Waals surface area (Å²) in [7, 11) is 1.78. The van der Waals surface area contributed by atoms with Gasteiger partial charge in [-0.1, -0.05) is 0 Å². The molecule has 0 spiro atoms. The van der Waals surface area contributed by atoms with Gasteiger partial charge >= 0.3 is 0 Å². The highest BCUT2D eigenvalue weighted by atomic mass is 79.9. The smallest absolute Gasteiger partial charge is 0.241 e. The number of rotatable bonds is 2. The lowest BCUT2D eigenvalue weighted by Gasteiger charge is -1.93. The molecule has 0 aliphatic heterocycles. The highest BCUT2D eigenvalue weighted by molar-refractivity contribution is 9.10. The minimum Gasteiger partial charge on any atom is -0.366 e. The summed E-state index contributed by atoms with van der Waals surface area (Å²) in [4.78, 5) is 10.4. The maximum atomic E-state index is 10.4. The molecular weight excluding hydrogens is 222 g/mol. The maximum Gasteiger partial charge on any atom is 0.241 e. The van der Waals surface area contributed by atoms with Gasteiger partial charge in [-0.05, 0) is 22.0 Å². The number of carbonyl (C=O) groups excluding carboxylic acids is 1. The van der Waals surface area contributed by atoms with Crippen molar-refractivity contribution >= 4 is 27.9 Å². The van der Waals surface area contributed by atoms with Gasteiger partial charge in [0.05, 0.1) is 16.4 Å². The van der Waals surface area contributed by atoms with Crippen LogP contribution in [0.5, 0.6) is 0 Å². The van der Waals surface area contributed by atoms with E-state index in [1.165, 1.54) is 6.08 Å². The fraction of sp³-hybridized carbons (Fsp3) is 0.143. The first-order valence-electron chi connectivity index (χ1n) is 3.26.